The van der Waals surface area contributed by atoms with Crippen LogP contribution in [0.1, 0.15) is 56.9 Å². The van der Waals surface area contributed by atoms with E-state index in [-0.39, 0.29) is 18.2 Å². The fourth-order valence-corrected chi connectivity index (χ4v) is 2.31. The van der Waals surface area contributed by atoms with E-state index >= 15 is 0 Å². The summed E-state index contributed by atoms with van der Waals surface area (Å²) in [5, 5.41) is 19.0. The summed E-state index contributed by atoms with van der Waals surface area (Å²) in [4.78, 5) is 11.8. The first-order valence-corrected chi connectivity index (χ1v) is 7.22. The Kier molecular flexibility index (Phi) is 5.00. The average Bonchev–Trinajstić information content (AvgIpc) is 2.88. The maximum Gasteiger partial charge on any atom is 0.315 e. The highest BCUT2D eigenvalue weighted by molar-refractivity contribution is 5.74. The van der Waals surface area contributed by atoms with Crippen molar-refractivity contribution >= 4 is 6.03 Å². The Morgan fingerprint density at radius 2 is 2.15 bits per heavy atom. The van der Waals surface area contributed by atoms with Crippen LogP contribution >= 0.6 is 0 Å². The molecule has 0 radical (unpaired) electrons. The summed E-state index contributed by atoms with van der Waals surface area (Å²) in [5.74, 6) is 0.970. The maximum absolute atomic E-state index is 11.8. The number of aliphatic hydroxyl groups excluding tert-OH is 1. The molecule has 1 saturated carbocycles. The molecule has 1 aromatic heterocycles. The molecular weight excluding hydrogens is 258 g/mol. The minimum atomic E-state index is -0.209. The molecule has 0 aliphatic heterocycles. The van der Waals surface area contributed by atoms with E-state index < -0.39 is 0 Å². The van der Waals surface area contributed by atoms with Gasteiger partial charge < -0.3 is 20.3 Å². The quantitative estimate of drug-likeness (QED) is 0.786. The second kappa shape index (κ2) is 6.74. The number of aromatic nitrogens is 1. The van der Waals surface area contributed by atoms with Crippen molar-refractivity contribution in [3.63, 3.8) is 0 Å². The number of amides is 2. The first-order chi connectivity index (χ1) is 9.54. The van der Waals surface area contributed by atoms with Crippen molar-refractivity contribution in [2.75, 3.05) is 0 Å². The minimum Gasteiger partial charge on any atom is -0.393 e. The van der Waals surface area contributed by atoms with Gasteiger partial charge in [-0.05, 0) is 31.6 Å². The van der Waals surface area contributed by atoms with E-state index in [1.54, 1.807) is 0 Å². The van der Waals surface area contributed by atoms with Gasteiger partial charge in [0, 0.05) is 12.1 Å². The lowest BCUT2D eigenvalue weighted by Crippen LogP contribution is -2.43. The van der Waals surface area contributed by atoms with Crippen LogP contribution < -0.4 is 10.6 Å². The fraction of sp³-hybridized carbons (Fsp3) is 0.714. The van der Waals surface area contributed by atoms with Gasteiger partial charge in [-0.3, -0.25) is 0 Å². The van der Waals surface area contributed by atoms with Crippen LogP contribution in [-0.4, -0.2) is 28.4 Å². The topological polar surface area (TPSA) is 87.4 Å². The molecule has 3 N–H and O–H groups in total. The van der Waals surface area contributed by atoms with Crippen LogP contribution in [0.2, 0.25) is 0 Å². The molecule has 1 heterocycles. The number of urea groups is 1. The number of rotatable bonds is 4. The summed E-state index contributed by atoms with van der Waals surface area (Å²) < 4.78 is 5.15. The molecule has 1 aliphatic rings. The van der Waals surface area contributed by atoms with Gasteiger partial charge >= 0.3 is 6.03 Å². The van der Waals surface area contributed by atoms with Crippen molar-refractivity contribution in [3.05, 3.63) is 17.5 Å². The molecule has 0 aromatic carbocycles. The van der Waals surface area contributed by atoms with Crippen LogP contribution in [0, 0.1) is 0 Å². The van der Waals surface area contributed by atoms with Crippen LogP contribution in [0.3, 0.4) is 0 Å². The molecule has 1 fully saturated rings. The standard InChI is InChI=1S/C14H23N3O3/c1-9(2)13-7-12(20-17-13)8-15-14(19)16-10-3-5-11(18)6-4-10/h7,9-11,18H,3-6,8H2,1-2H3,(H2,15,16,19). The lowest BCUT2D eigenvalue weighted by molar-refractivity contribution is 0.117. The fourth-order valence-electron chi connectivity index (χ4n) is 2.31. The number of carbonyl (C=O) groups is 1. The molecule has 0 atom stereocenters. The van der Waals surface area contributed by atoms with Crippen molar-refractivity contribution in [1.29, 1.82) is 0 Å². The highest BCUT2D eigenvalue weighted by atomic mass is 16.5. The lowest BCUT2D eigenvalue weighted by atomic mass is 9.93. The van der Waals surface area contributed by atoms with Crippen LogP contribution in [0.4, 0.5) is 4.79 Å². The molecule has 0 bridgehead atoms. The van der Waals surface area contributed by atoms with Gasteiger partial charge in [-0.25, -0.2) is 4.79 Å². The molecule has 6 heteroatoms. The molecule has 6 nitrogen and oxygen atoms in total. The predicted molar refractivity (Wildman–Crippen MR) is 74.2 cm³/mol. The predicted octanol–water partition coefficient (Wildman–Crippen LogP) is 1.90. The lowest BCUT2D eigenvalue weighted by Gasteiger charge is -2.26. The summed E-state index contributed by atoms with van der Waals surface area (Å²) in [5.41, 5.74) is 0.892. The molecule has 2 amide bonds. The Balaban J connectivity index is 1.71. The second-order valence-electron chi connectivity index (χ2n) is 5.71. The monoisotopic (exact) mass is 281 g/mol. The summed E-state index contributed by atoms with van der Waals surface area (Å²) in [6.45, 7) is 4.42. The maximum atomic E-state index is 11.8. The van der Waals surface area contributed by atoms with Gasteiger partial charge in [0.05, 0.1) is 18.3 Å². The van der Waals surface area contributed by atoms with E-state index in [9.17, 15) is 9.90 Å². The Hall–Kier alpha value is -1.56. The number of nitrogens with one attached hydrogen (secondary N) is 2. The molecule has 20 heavy (non-hydrogen) atoms. The summed E-state index contributed by atoms with van der Waals surface area (Å²) in [6.07, 6.45) is 2.96. The van der Waals surface area contributed by atoms with Gasteiger partial charge in [-0.15, -0.1) is 0 Å². The third-order valence-corrected chi connectivity index (χ3v) is 3.62. The Morgan fingerprint density at radius 3 is 2.75 bits per heavy atom. The van der Waals surface area contributed by atoms with Gasteiger partial charge in [0.25, 0.3) is 0 Å². The minimum absolute atomic E-state index is 0.152. The van der Waals surface area contributed by atoms with Gasteiger partial charge in [0.2, 0.25) is 0 Å². The van der Waals surface area contributed by atoms with Gasteiger partial charge in [0.1, 0.15) is 0 Å². The molecule has 2 rings (SSSR count). The molecule has 112 valence electrons. The normalized spacial score (nSPS) is 22.8. The number of carbonyl (C=O) groups excluding carboxylic acids is 1. The molecule has 0 saturated heterocycles. The van der Waals surface area contributed by atoms with Gasteiger partial charge in [0.15, 0.2) is 5.76 Å². The van der Waals surface area contributed by atoms with Gasteiger partial charge in [-0.1, -0.05) is 19.0 Å². The number of hydrogen-bond acceptors (Lipinski definition) is 4. The van der Waals surface area contributed by atoms with Crippen molar-refractivity contribution in [1.82, 2.24) is 15.8 Å². The third kappa shape index (κ3) is 4.23. The van der Waals surface area contributed by atoms with Crippen molar-refractivity contribution < 1.29 is 14.4 Å². The van der Waals surface area contributed by atoms with Gasteiger partial charge in [-0.2, -0.15) is 0 Å². The first-order valence-electron chi connectivity index (χ1n) is 7.22. The molecule has 0 spiro atoms. The Bertz CT molecular complexity index is 437. The summed E-state index contributed by atoms with van der Waals surface area (Å²) in [6, 6.07) is 1.82. The van der Waals surface area contributed by atoms with Crippen LogP contribution in [0.5, 0.6) is 0 Å². The first kappa shape index (κ1) is 14.8. The number of aliphatic hydroxyl groups is 1. The highest BCUT2D eigenvalue weighted by Crippen LogP contribution is 2.18. The average molecular weight is 281 g/mol. The zero-order valence-corrected chi connectivity index (χ0v) is 12.1. The molecule has 0 unspecified atom stereocenters. The van der Waals surface area contributed by atoms with Crippen molar-refractivity contribution in [2.24, 2.45) is 0 Å². The third-order valence-electron chi connectivity index (χ3n) is 3.62. The van der Waals surface area contributed by atoms with E-state index in [0.29, 0.717) is 18.2 Å². The number of hydrogen-bond donors (Lipinski definition) is 3. The molecule has 1 aliphatic carbocycles. The second-order valence-corrected chi connectivity index (χ2v) is 5.71. The smallest absolute Gasteiger partial charge is 0.315 e. The summed E-state index contributed by atoms with van der Waals surface area (Å²) in [7, 11) is 0. The van der Waals surface area contributed by atoms with Crippen LogP contribution in [0.15, 0.2) is 10.6 Å². The molecular formula is C14H23N3O3. The number of nitrogens with zero attached hydrogens (tertiary/aromatic N) is 1. The van der Waals surface area contributed by atoms with E-state index in [4.69, 9.17) is 4.52 Å². The van der Waals surface area contributed by atoms with E-state index in [1.165, 1.54) is 0 Å². The Labute approximate surface area is 118 Å². The van der Waals surface area contributed by atoms with E-state index in [0.717, 1.165) is 31.4 Å². The largest absolute Gasteiger partial charge is 0.393 e. The highest BCUT2D eigenvalue weighted by Gasteiger charge is 2.20. The van der Waals surface area contributed by atoms with Crippen molar-refractivity contribution in [2.45, 2.75) is 64.1 Å². The molecule has 1 aromatic rings. The zero-order chi connectivity index (χ0) is 14.5. The zero-order valence-electron chi connectivity index (χ0n) is 12.1. The van der Waals surface area contributed by atoms with E-state index in [1.807, 2.05) is 19.9 Å². The van der Waals surface area contributed by atoms with E-state index in [2.05, 4.69) is 15.8 Å². The summed E-state index contributed by atoms with van der Waals surface area (Å²) >= 11 is 0. The SMILES string of the molecule is CC(C)c1cc(CNC(=O)NC2CCC(O)CC2)on1. The van der Waals surface area contributed by atoms with Crippen molar-refractivity contribution in [3.8, 4) is 0 Å². The van der Waals surface area contributed by atoms with Crippen LogP contribution in [0.25, 0.3) is 0 Å². The Morgan fingerprint density at radius 1 is 1.45 bits per heavy atom. The van der Waals surface area contributed by atoms with Crippen LogP contribution in [-0.2, 0) is 6.54 Å².